The van der Waals surface area contributed by atoms with Crippen LogP contribution in [0.3, 0.4) is 0 Å². The lowest BCUT2D eigenvalue weighted by Crippen LogP contribution is -2.43. The number of nitrogens with zero attached hydrogens (tertiary/aromatic N) is 1. The van der Waals surface area contributed by atoms with E-state index in [0.29, 0.717) is 12.2 Å². The van der Waals surface area contributed by atoms with Crippen molar-refractivity contribution < 1.29 is 52.5 Å². The number of likely N-dealkylation sites (N-methyl/N-ethyl adjacent to an activating group) is 1. The van der Waals surface area contributed by atoms with Crippen LogP contribution in [0.5, 0.6) is 5.75 Å². The van der Waals surface area contributed by atoms with Gasteiger partial charge in [0, 0.05) is 49.5 Å². The van der Waals surface area contributed by atoms with Crippen molar-refractivity contribution in [1.82, 2.24) is 10.2 Å². The fourth-order valence-corrected chi connectivity index (χ4v) is 10.7. The number of ketones is 2. The number of benzene rings is 7. The third kappa shape index (κ3) is 13.0. The third-order valence-electron chi connectivity index (χ3n) is 15.0. The smallest absolute Gasteiger partial charge is 0.465 e. The molecule has 7 aromatic rings. The molecule has 0 aliphatic heterocycles. The van der Waals surface area contributed by atoms with Crippen LogP contribution in [-0.2, 0) is 39.8 Å². The number of hydrogen-bond acceptors (Lipinski definition) is 11. The second-order valence-electron chi connectivity index (χ2n) is 20.9. The molecule has 1 unspecified atom stereocenters. The molecular formula is C67H66N2O11. The Morgan fingerprint density at radius 1 is 0.487 bits per heavy atom. The Labute approximate surface area is 467 Å². The van der Waals surface area contributed by atoms with E-state index >= 15 is 0 Å². The number of fused-ring (bicyclic) bond motifs is 9. The largest absolute Gasteiger partial charge is 0.513 e. The Morgan fingerprint density at radius 2 is 0.887 bits per heavy atom. The molecule has 3 aliphatic carbocycles. The van der Waals surface area contributed by atoms with Crippen molar-refractivity contribution >= 4 is 35.9 Å². The van der Waals surface area contributed by atoms with Crippen LogP contribution in [-0.4, -0.2) is 86.8 Å². The Morgan fingerprint density at radius 3 is 1.30 bits per heavy atom. The molecule has 0 spiro atoms. The second-order valence-corrected chi connectivity index (χ2v) is 20.9. The van der Waals surface area contributed by atoms with E-state index in [2.05, 4.69) is 78.1 Å². The van der Waals surface area contributed by atoms with Crippen LogP contribution >= 0.6 is 0 Å². The van der Waals surface area contributed by atoms with Crippen LogP contribution < -0.4 is 10.1 Å². The summed E-state index contributed by atoms with van der Waals surface area (Å²) in [6.07, 6.45) is -1.56. The van der Waals surface area contributed by atoms with Gasteiger partial charge in [-0.1, -0.05) is 185 Å². The molecule has 1 atom stereocenters. The zero-order chi connectivity index (χ0) is 56.3. The van der Waals surface area contributed by atoms with Crippen molar-refractivity contribution in [2.24, 2.45) is 11.8 Å². The zero-order valence-electron chi connectivity index (χ0n) is 45.7. The number of carbonyl (C=O) groups is 6. The number of alkyl carbamates (subject to hydrolysis) is 1. The first-order valence-electron chi connectivity index (χ1n) is 27.3. The zero-order valence-corrected chi connectivity index (χ0v) is 45.7. The molecule has 0 heterocycles. The molecule has 0 saturated heterocycles. The van der Waals surface area contributed by atoms with E-state index in [1.807, 2.05) is 86.6 Å². The normalized spacial score (nSPS) is 13.0. The highest BCUT2D eigenvalue weighted by molar-refractivity contribution is 5.89. The first kappa shape index (κ1) is 55.9. The van der Waals surface area contributed by atoms with Gasteiger partial charge in [0.1, 0.15) is 38.0 Å². The Hall–Kier alpha value is -8.84. The molecule has 0 radical (unpaired) electrons. The molecule has 410 valence electrons. The first-order valence-corrected chi connectivity index (χ1v) is 27.3. The summed E-state index contributed by atoms with van der Waals surface area (Å²) >= 11 is 0. The molecule has 0 saturated carbocycles. The molecule has 0 aromatic heterocycles. The summed E-state index contributed by atoms with van der Waals surface area (Å²) < 4.78 is 27.3. The number of esters is 1. The number of hydrogen-bond donors (Lipinski definition) is 1. The molecule has 2 amide bonds. The van der Waals surface area contributed by atoms with Crippen LogP contribution in [0, 0.1) is 11.8 Å². The molecule has 0 bridgehead atoms. The Kier molecular flexibility index (Phi) is 18.0. The van der Waals surface area contributed by atoms with Gasteiger partial charge in [0.2, 0.25) is 0 Å². The van der Waals surface area contributed by atoms with Gasteiger partial charge < -0.3 is 33.9 Å². The summed E-state index contributed by atoms with van der Waals surface area (Å²) in [5.74, 6) is -0.590. The van der Waals surface area contributed by atoms with Crippen molar-refractivity contribution in [3.8, 4) is 39.1 Å². The van der Waals surface area contributed by atoms with E-state index in [1.54, 1.807) is 45.2 Å². The minimum Gasteiger partial charge on any atom is -0.465 e. The van der Waals surface area contributed by atoms with Crippen molar-refractivity contribution in [2.45, 2.75) is 70.8 Å². The van der Waals surface area contributed by atoms with Crippen molar-refractivity contribution in [3.63, 3.8) is 0 Å². The predicted molar refractivity (Wildman–Crippen MR) is 305 cm³/mol. The van der Waals surface area contributed by atoms with Crippen LogP contribution in [0.4, 0.5) is 14.4 Å². The van der Waals surface area contributed by atoms with Crippen molar-refractivity contribution in [3.05, 3.63) is 209 Å². The van der Waals surface area contributed by atoms with E-state index in [4.69, 9.17) is 23.7 Å². The summed E-state index contributed by atoms with van der Waals surface area (Å²) in [5, 5.41) is 2.73. The van der Waals surface area contributed by atoms with E-state index in [0.717, 1.165) is 72.3 Å². The van der Waals surface area contributed by atoms with E-state index in [1.165, 1.54) is 4.90 Å². The molecule has 0 fully saturated rings. The van der Waals surface area contributed by atoms with Gasteiger partial charge in [0.05, 0.1) is 12.6 Å². The molecule has 80 heavy (non-hydrogen) atoms. The van der Waals surface area contributed by atoms with Crippen LogP contribution in [0.2, 0.25) is 0 Å². The molecular weight excluding hydrogens is 1010 g/mol. The lowest BCUT2D eigenvalue weighted by Gasteiger charge is -2.21. The van der Waals surface area contributed by atoms with Crippen molar-refractivity contribution in [1.29, 1.82) is 0 Å². The lowest BCUT2D eigenvalue weighted by molar-refractivity contribution is -0.144. The average molecular weight is 1080 g/mol. The number of Topliss-reactive ketones (excluding diaryl/α,β-unsaturated/α-hetero) is 2. The summed E-state index contributed by atoms with van der Waals surface area (Å²) in [6.45, 7) is 7.98. The number of rotatable bonds is 19. The maximum absolute atomic E-state index is 13.0. The van der Waals surface area contributed by atoms with Crippen LogP contribution in [0.15, 0.2) is 170 Å². The molecule has 7 aromatic carbocycles. The second kappa shape index (κ2) is 25.7. The highest BCUT2D eigenvalue weighted by Gasteiger charge is 2.33. The summed E-state index contributed by atoms with van der Waals surface area (Å²) in [6, 6.07) is 54.8. The lowest BCUT2D eigenvalue weighted by atomic mass is 9.97. The maximum Gasteiger partial charge on any atom is 0.513 e. The fraction of sp³-hybridized carbons (Fsp3) is 0.284. The number of amides is 2. The maximum atomic E-state index is 13.0. The summed E-state index contributed by atoms with van der Waals surface area (Å²) in [5.41, 5.74) is 14.6. The average Bonchev–Trinajstić information content (AvgIpc) is 4.10. The first-order chi connectivity index (χ1) is 38.7. The van der Waals surface area contributed by atoms with Gasteiger partial charge in [-0.15, -0.1) is 0 Å². The van der Waals surface area contributed by atoms with Gasteiger partial charge in [0.15, 0.2) is 5.78 Å². The van der Waals surface area contributed by atoms with E-state index in [-0.39, 0.29) is 87.0 Å². The predicted octanol–water partition coefficient (Wildman–Crippen LogP) is 13.1. The summed E-state index contributed by atoms with van der Waals surface area (Å²) in [7, 11) is 1.59. The van der Waals surface area contributed by atoms with Gasteiger partial charge in [-0.2, -0.15) is 0 Å². The summed E-state index contributed by atoms with van der Waals surface area (Å²) in [4.78, 5) is 76.6. The SMILES string of the molecule is CC(C)C(=O)C(CCC(=O)OCC1c2ccccc2-c2ccccc21)NC(=O)OCC1c2ccccc2-c2ccccc21.CC(C)C(=O)Cc1ccc(OC(=O)OCCN(C)C(=O)OCC2c3ccccc3-c3ccccc32)cc1. The van der Waals surface area contributed by atoms with Gasteiger partial charge in [0.25, 0.3) is 0 Å². The fourth-order valence-electron chi connectivity index (χ4n) is 10.7. The minimum absolute atomic E-state index is 0.00277. The van der Waals surface area contributed by atoms with Gasteiger partial charge >= 0.3 is 24.3 Å². The quantitative estimate of drug-likeness (QED) is 0.0466. The number of nitrogens with one attached hydrogen (secondary N) is 1. The molecule has 10 rings (SSSR count). The van der Waals surface area contributed by atoms with Crippen LogP contribution in [0.25, 0.3) is 33.4 Å². The number of ether oxygens (including phenoxy) is 5. The highest BCUT2D eigenvalue weighted by Crippen LogP contribution is 2.47. The molecule has 1 N–H and O–H groups in total. The molecule has 3 aliphatic rings. The van der Waals surface area contributed by atoms with E-state index in [9.17, 15) is 28.8 Å². The van der Waals surface area contributed by atoms with Gasteiger partial charge in [-0.3, -0.25) is 14.4 Å². The standard InChI is InChI=1S/C37H35NO5.C30H31NO6/c1-23(2)36(40)34(38-37(41)43-22-33-30-17-9-5-13-26(30)27-14-6-10-18-31(27)33)19-20-35(39)42-21-32-28-15-7-3-11-24(28)25-12-4-8-16-29(25)32;1-20(2)28(32)18-21-12-14-22(15-13-21)37-30(34)35-17-16-31(3)29(33)36-19-27-25-10-6-4-8-23(25)24-9-5-7-11-26(24)27/h3-18,23,32-34H,19-22H2,1-2H3,(H,38,41);4-15,20,27H,16-19H2,1-3H3. The Bertz CT molecular complexity index is 3250. The highest BCUT2D eigenvalue weighted by atomic mass is 16.7. The number of carbonyl (C=O) groups excluding carboxylic acids is 6. The molecule has 13 nitrogen and oxygen atoms in total. The van der Waals surface area contributed by atoms with Gasteiger partial charge in [-0.25, -0.2) is 14.4 Å². The minimum atomic E-state index is -0.869. The Balaban J connectivity index is 0.000000196. The van der Waals surface area contributed by atoms with Crippen LogP contribution in [0.1, 0.15) is 97.2 Å². The topological polar surface area (TPSA) is 164 Å². The van der Waals surface area contributed by atoms with Crippen molar-refractivity contribution in [2.75, 3.05) is 40.0 Å². The molecule has 13 heteroatoms. The third-order valence-corrected chi connectivity index (χ3v) is 15.0. The monoisotopic (exact) mass is 1070 g/mol. The van der Waals surface area contributed by atoms with E-state index < -0.39 is 30.4 Å². The van der Waals surface area contributed by atoms with Gasteiger partial charge in [-0.05, 0) is 90.9 Å².